The first-order valence-corrected chi connectivity index (χ1v) is 28.6. The first-order chi connectivity index (χ1) is 40.6. The number of para-hydroxylation sites is 3. The molecule has 0 fully saturated rings. The van der Waals surface area contributed by atoms with E-state index < -0.39 is 0 Å². The topological polar surface area (TPSA) is 83.8 Å². The molecule has 0 spiro atoms. The van der Waals surface area contributed by atoms with E-state index in [4.69, 9.17) is 19.7 Å². The second-order valence-electron chi connectivity index (χ2n) is 22.3. The Kier molecular flexibility index (Phi) is 19.4. The van der Waals surface area contributed by atoms with Gasteiger partial charge in [-0.05, 0) is 123 Å². The van der Waals surface area contributed by atoms with Crippen molar-refractivity contribution in [3.63, 3.8) is 0 Å². The molecule has 0 aliphatic heterocycles. The van der Waals surface area contributed by atoms with Crippen LogP contribution in [0.3, 0.4) is 0 Å². The van der Waals surface area contributed by atoms with E-state index in [2.05, 4.69) is 245 Å². The van der Waals surface area contributed by atoms with Crippen LogP contribution in [0.1, 0.15) is 89.9 Å². The minimum Gasteiger partial charge on any atom is -0.497 e. The summed E-state index contributed by atoms with van der Waals surface area (Å²) in [7, 11) is 1.97. The average Bonchev–Trinajstić information content (AvgIpc) is 2.42. The van der Waals surface area contributed by atoms with Crippen LogP contribution in [0.5, 0.6) is 11.5 Å². The van der Waals surface area contributed by atoms with E-state index in [1.807, 2.05) is 73.8 Å². The third-order valence-corrected chi connectivity index (χ3v) is 15.2. The molecule has 8 aromatic carbocycles. The van der Waals surface area contributed by atoms with Crippen molar-refractivity contribution in [2.75, 3.05) is 4.90 Å². The molecule has 0 aliphatic rings. The minimum atomic E-state index is 0. The van der Waals surface area contributed by atoms with Crippen molar-refractivity contribution in [3.8, 4) is 73.9 Å². The van der Waals surface area contributed by atoms with Crippen LogP contribution >= 0.6 is 0 Å². The Morgan fingerprint density at radius 3 is 1.69 bits per heavy atom. The van der Waals surface area contributed by atoms with Gasteiger partial charge >= 0.3 is 42.1 Å². The van der Waals surface area contributed by atoms with Crippen LogP contribution in [0, 0.1) is 72.7 Å². The van der Waals surface area contributed by atoms with E-state index in [1.165, 1.54) is 44.6 Å². The van der Waals surface area contributed by atoms with Crippen molar-refractivity contribution in [1.82, 2.24) is 38.2 Å². The van der Waals surface area contributed by atoms with E-state index in [1.54, 1.807) is 6.20 Å². The summed E-state index contributed by atoms with van der Waals surface area (Å²) in [6, 6.07) is 64.3. The Balaban J connectivity index is 0.000000204. The molecule has 12 rings (SSSR count). The Morgan fingerprint density at radius 1 is 0.465 bits per heavy atom. The number of imidazole rings is 4. The quantitative estimate of drug-likeness (QED) is 0.101. The molecule has 0 saturated heterocycles. The third kappa shape index (κ3) is 13.2. The fraction of sp³-hybridized carbons (Fsp3) is 0.189. The van der Waals surface area contributed by atoms with Crippen LogP contribution in [-0.2, 0) is 49.2 Å². The van der Waals surface area contributed by atoms with Crippen LogP contribution in [0.2, 0.25) is 0 Å². The maximum atomic E-state index is 6.24. The van der Waals surface area contributed by atoms with Crippen molar-refractivity contribution in [1.29, 1.82) is 0 Å². The number of hydrogen-bond acceptors (Lipinski definition) is 6. The Morgan fingerprint density at radius 2 is 1.03 bits per heavy atom. The molecule has 4 heterocycles. The van der Waals surface area contributed by atoms with E-state index >= 15 is 0 Å². The normalized spacial score (nSPS) is 11.0. The number of nitrogens with zero attached hydrogens (tertiary/aromatic N) is 9. The molecule has 0 atom stereocenters. The van der Waals surface area contributed by atoms with Crippen LogP contribution in [-0.4, -0.2) is 38.2 Å². The van der Waals surface area contributed by atoms with Crippen molar-refractivity contribution >= 4 is 17.1 Å². The predicted octanol–water partition coefficient (Wildman–Crippen LogP) is 18.2. The van der Waals surface area contributed by atoms with Gasteiger partial charge in [0.15, 0.2) is 0 Å². The fourth-order valence-corrected chi connectivity index (χ4v) is 11.3. The number of rotatable bonds is 14. The maximum absolute atomic E-state index is 6.24. The molecule has 0 bridgehead atoms. The Hall–Kier alpha value is -8.42. The van der Waals surface area contributed by atoms with Gasteiger partial charge in [-0.25, -0.2) is 0 Å². The zero-order chi connectivity index (χ0) is 58.8. The number of aromatic nitrogens is 8. The molecule has 12 aromatic rings. The maximum Gasteiger partial charge on any atom is 2.00 e. The number of aryl methyl sites for hydroxylation is 8. The molecule has 0 unspecified atom stereocenters. The summed E-state index contributed by atoms with van der Waals surface area (Å²) in [6.07, 6.45) is 13.7. The van der Waals surface area contributed by atoms with Gasteiger partial charge in [0.1, 0.15) is 0 Å². The summed E-state index contributed by atoms with van der Waals surface area (Å²) in [6.45, 7) is 23.8. The molecule has 0 radical (unpaired) electrons. The first kappa shape index (κ1) is 62.1. The van der Waals surface area contributed by atoms with E-state index in [0.717, 1.165) is 85.1 Å². The Bertz CT molecular complexity index is 4250. The van der Waals surface area contributed by atoms with Gasteiger partial charge in [-0.2, -0.15) is 0 Å². The van der Waals surface area contributed by atoms with Gasteiger partial charge in [-0.1, -0.05) is 125 Å². The van der Waals surface area contributed by atoms with Crippen LogP contribution in [0.15, 0.2) is 189 Å². The van der Waals surface area contributed by atoms with E-state index in [9.17, 15) is 0 Å². The molecule has 4 aromatic heterocycles. The number of hydrogen-bond donors (Lipinski definition) is 0. The molecule has 12 heteroatoms. The molecule has 436 valence electrons. The summed E-state index contributed by atoms with van der Waals surface area (Å²) in [5.74, 6) is 4.69. The standard InChI is InChI=1S/C41H35N5.C33H34N4O.2Pt/c1-28-22-31(4)40(32(5)23-28)45-21-20-42-41(45)34-15-11-19-37(25-34)46(35-16-7-6-8-17-35)36-18-10-14-33(24-36)38-26-44(27-43-38)39-29(2)12-9-13-30(39)3;1-21(2)29-12-9-13-30(22(3)4)32(29)37-20-31(35-24(37)6)25-10-8-11-27(18-25)38-28-17-23(5)16-26(19-28)33-34-14-15-36(33)7;;/h6-23,26-27H,1-5H3;8-17,20-22H,1-7H3;;/q2*-2;2*+2. The summed E-state index contributed by atoms with van der Waals surface area (Å²) in [4.78, 5) is 21.2. The minimum absolute atomic E-state index is 0. The van der Waals surface area contributed by atoms with E-state index in [0.29, 0.717) is 23.3 Å². The monoisotopic (exact) mass is 1490 g/mol. The average molecular weight is 1490 g/mol. The predicted molar refractivity (Wildman–Crippen MR) is 341 cm³/mol. The summed E-state index contributed by atoms with van der Waals surface area (Å²) in [5, 5.41) is 0. The van der Waals surface area contributed by atoms with Crippen LogP contribution in [0.25, 0.3) is 62.4 Å². The smallest absolute Gasteiger partial charge is 0.497 e. The SMILES string of the molecule is Cc1cc(C)c(-n2ccnc2-c2[c-]c(N(c3[c-]c(-c4cn(-c5c(C)cccc5C)cn4)ccc3)c3ccccc3)ccc2)c(C)c1.Cc1cc(Oc2[c-]c(-c3cn(-c4c(C(C)C)cccc4C(C)C)c(C)n3)ccc2)[c-]c(-c2nccn2C)c1.[Pt+2].[Pt+2]. The van der Waals surface area contributed by atoms with Crippen molar-refractivity contribution in [2.24, 2.45) is 7.05 Å². The van der Waals surface area contributed by atoms with Crippen molar-refractivity contribution in [3.05, 3.63) is 264 Å². The number of ether oxygens (including phenoxy) is 1. The Labute approximate surface area is 535 Å². The molecule has 0 amide bonds. The van der Waals surface area contributed by atoms with Gasteiger partial charge in [0.05, 0.1) is 35.2 Å². The summed E-state index contributed by atoms with van der Waals surface area (Å²) < 4.78 is 14.7. The van der Waals surface area contributed by atoms with Crippen LogP contribution < -0.4 is 9.64 Å². The zero-order valence-electron chi connectivity index (χ0n) is 50.6. The largest absolute Gasteiger partial charge is 2.00 e. The molecule has 0 N–H and O–H groups in total. The van der Waals surface area contributed by atoms with Crippen molar-refractivity contribution < 1.29 is 46.9 Å². The number of benzene rings is 8. The molecule has 86 heavy (non-hydrogen) atoms. The van der Waals surface area contributed by atoms with E-state index in [-0.39, 0.29) is 42.1 Å². The van der Waals surface area contributed by atoms with Gasteiger partial charge in [0.2, 0.25) is 0 Å². The molecule has 0 aliphatic carbocycles. The molecular formula is C74H69N9OPt2. The molecular weight excluding hydrogens is 1420 g/mol. The van der Waals surface area contributed by atoms with Crippen LogP contribution in [0.4, 0.5) is 17.1 Å². The van der Waals surface area contributed by atoms with Gasteiger partial charge in [-0.3, -0.25) is 19.9 Å². The van der Waals surface area contributed by atoms with Gasteiger partial charge in [0.25, 0.3) is 0 Å². The molecule has 10 nitrogen and oxygen atoms in total. The van der Waals surface area contributed by atoms with Gasteiger partial charge in [-0.15, -0.1) is 101 Å². The second-order valence-corrected chi connectivity index (χ2v) is 22.3. The molecule has 0 saturated carbocycles. The van der Waals surface area contributed by atoms with Crippen molar-refractivity contribution in [2.45, 2.75) is 88.0 Å². The van der Waals surface area contributed by atoms with Gasteiger partial charge in [0, 0.05) is 66.1 Å². The zero-order valence-corrected chi connectivity index (χ0v) is 55.2. The first-order valence-electron chi connectivity index (χ1n) is 28.6. The third-order valence-electron chi connectivity index (χ3n) is 15.2. The second kappa shape index (κ2) is 26.9. The number of anilines is 3. The summed E-state index contributed by atoms with van der Waals surface area (Å²) >= 11 is 0. The van der Waals surface area contributed by atoms with Gasteiger partial charge < -0.3 is 27.9 Å². The fourth-order valence-electron chi connectivity index (χ4n) is 11.3. The summed E-state index contributed by atoms with van der Waals surface area (Å²) in [5.41, 5.74) is 21.5.